The highest BCUT2D eigenvalue weighted by Gasteiger charge is 2.49. The fourth-order valence-electron chi connectivity index (χ4n) is 4.43. The van der Waals surface area contributed by atoms with Crippen LogP contribution < -0.4 is 4.74 Å². The van der Waals surface area contributed by atoms with Gasteiger partial charge < -0.3 is 4.74 Å². The van der Waals surface area contributed by atoms with Crippen molar-refractivity contribution < 1.29 is 21.6 Å². The molecule has 0 aromatic heterocycles. The Morgan fingerprint density at radius 1 is 0.897 bits per heavy atom. The molecule has 2 aromatic carbocycles. The summed E-state index contributed by atoms with van der Waals surface area (Å²) in [5.74, 6) is 1.29. The first-order valence-electron chi connectivity index (χ1n) is 9.72. The fourth-order valence-corrected chi connectivity index (χ4v) is 7.46. The van der Waals surface area contributed by atoms with E-state index in [-0.39, 0.29) is 17.0 Å². The number of ether oxygens (including phenoxy) is 1. The van der Waals surface area contributed by atoms with Crippen molar-refractivity contribution in [2.45, 2.75) is 54.8 Å². The van der Waals surface area contributed by atoms with E-state index in [1.807, 2.05) is 31.2 Å². The van der Waals surface area contributed by atoms with E-state index in [0.717, 1.165) is 11.3 Å². The quantitative estimate of drug-likeness (QED) is 0.718. The van der Waals surface area contributed by atoms with Crippen molar-refractivity contribution >= 4 is 19.9 Å². The van der Waals surface area contributed by atoms with E-state index in [1.165, 1.54) is 6.26 Å². The molecule has 2 aromatic rings. The maximum Gasteiger partial charge on any atom is 0.243 e. The van der Waals surface area contributed by atoms with Gasteiger partial charge in [-0.2, -0.15) is 4.31 Å². The van der Waals surface area contributed by atoms with Gasteiger partial charge in [-0.1, -0.05) is 18.2 Å². The van der Waals surface area contributed by atoms with Crippen molar-refractivity contribution in [3.8, 4) is 11.5 Å². The van der Waals surface area contributed by atoms with E-state index in [1.54, 1.807) is 28.6 Å². The summed E-state index contributed by atoms with van der Waals surface area (Å²) in [5, 5.41) is -0.448. The minimum atomic E-state index is -3.68. The predicted molar refractivity (Wildman–Crippen MR) is 111 cm³/mol. The number of sulfone groups is 1. The van der Waals surface area contributed by atoms with E-state index >= 15 is 0 Å². The highest BCUT2D eigenvalue weighted by Crippen LogP contribution is 2.41. The fraction of sp³-hybridized carbons (Fsp3) is 0.429. The van der Waals surface area contributed by atoms with Gasteiger partial charge >= 0.3 is 0 Å². The molecule has 0 N–H and O–H groups in total. The number of benzene rings is 2. The van der Waals surface area contributed by atoms with Crippen LogP contribution in [0.15, 0.2) is 53.4 Å². The molecule has 29 heavy (non-hydrogen) atoms. The molecule has 0 spiro atoms. The zero-order valence-corrected chi connectivity index (χ0v) is 18.1. The van der Waals surface area contributed by atoms with Gasteiger partial charge in [0.15, 0.2) is 0 Å². The van der Waals surface area contributed by atoms with Crippen LogP contribution in [0.25, 0.3) is 0 Å². The summed E-state index contributed by atoms with van der Waals surface area (Å²) in [6.45, 7) is 1.95. The second-order valence-corrected chi connectivity index (χ2v) is 12.2. The molecular formula is C21H25NO5S2. The Kier molecular flexibility index (Phi) is 5.21. The van der Waals surface area contributed by atoms with Crippen molar-refractivity contribution in [1.29, 1.82) is 0 Å². The van der Waals surface area contributed by atoms with Gasteiger partial charge in [0.05, 0.1) is 10.1 Å². The third-order valence-corrected chi connectivity index (χ3v) is 9.56. The summed E-state index contributed by atoms with van der Waals surface area (Å²) < 4.78 is 57.9. The Bertz CT molecular complexity index is 1100. The van der Waals surface area contributed by atoms with E-state index in [9.17, 15) is 16.8 Å². The van der Waals surface area contributed by atoms with Gasteiger partial charge in [0.25, 0.3) is 0 Å². The Labute approximate surface area is 172 Å². The van der Waals surface area contributed by atoms with Gasteiger partial charge in [-0.15, -0.1) is 0 Å². The first kappa shape index (κ1) is 20.4. The summed E-state index contributed by atoms with van der Waals surface area (Å²) in [7, 11) is -6.84. The molecule has 2 aliphatic rings. The Morgan fingerprint density at radius 3 is 2.03 bits per heavy atom. The lowest BCUT2D eigenvalue weighted by molar-refractivity contribution is 0.249. The molecule has 8 heteroatoms. The average Bonchev–Trinajstić information content (AvgIpc) is 2.94. The number of sulfonamides is 1. The molecule has 2 unspecified atom stereocenters. The summed E-state index contributed by atoms with van der Waals surface area (Å²) in [5.41, 5.74) is 0.995. The van der Waals surface area contributed by atoms with E-state index in [0.29, 0.717) is 31.4 Å². The van der Waals surface area contributed by atoms with Crippen LogP contribution in [0.4, 0.5) is 0 Å². The van der Waals surface area contributed by atoms with Gasteiger partial charge in [0.1, 0.15) is 21.3 Å². The van der Waals surface area contributed by atoms with Gasteiger partial charge in [0.2, 0.25) is 10.0 Å². The largest absolute Gasteiger partial charge is 0.457 e. The number of nitrogens with zero attached hydrogens (tertiary/aromatic N) is 1. The summed E-state index contributed by atoms with van der Waals surface area (Å²) in [4.78, 5) is 0.212. The molecule has 2 atom stereocenters. The summed E-state index contributed by atoms with van der Waals surface area (Å²) >= 11 is 0. The maximum atomic E-state index is 13.3. The van der Waals surface area contributed by atoms with E-state index < -0.39 is 25.1 Å². The van der Waals surface area contributed by atoms with Crippen molar-refractivity contribution in [3.05, 3.63) is 54.1 Å². The predicted octanol–water partition coefficient (Wildman–Crippen LogP) is 3.52. The number of hydrogen-bond acceptors (Lipinski definition) is 5. The molecule has 2 saturated heterocycles. The first-order chi connectivity index (χ1) is 13.7. The van der Waals surface area contributed by atoms with Gasteiger partial charge in [-0.3, -0.25) is 0 Å². The lowest BCUT2D eigenvalue weighted by Crippen LogP contribution is -2.49. The SMILES string of the molecule is Cc1ccccc1Oc1ccc(S(=O)(=O)N2C3CCC2CC(S(C)(=O)=O)C3)cc1. The number of rotatable bonds is 5. The lowest BCUT2D eigenvalue weighted by atomic mass is 10.1. The van der Waals surface area contributed by atoms with Crippen LogP contribution in [0.5, 0.6) is 11.5 Å². The minimum absolute atomic E-state index is 0.212. The highest BCUT2D eigenvalue weighted by molar-refractivity contribution is 7.91. The lowest BCUT2D eigenvalue weighted by Gasteiger charge is -2.37. The second kappa shape index (κ2) is 7.41. The van der Waals surface area contributed by atoms with Crippen molar-refractivity contribution in [1.82, 2.24) is 4.31 Å². The van der Waals surface area contributed by atoms with Crippen LogP contribution in [-0.4, -0.2) is 44.7 Å². The number of piperidine rings is 1. The van der Waals surface area contributed by atoms with Gasteiger partial charge in [-0.25, -0.2) is 16.8 Å². The number of para-hydroxylation sites is 1. The standard InChI is InChI=1S/C21H25NO5S2/c1-15-5-3-4-6-21(15)27-18-9-11-19(12-10-18)29(25,26)22-16-7-8-17(22)14-20(13-16)28(2,23)24/h3-6,9-12,16-17,20H,7-8,13-14H2,1-2H3. The van der Waals surface area contributed by atoms with Crippen LogP contribution >= 0.6 is 0 Å². The van der Waals surface area contributed by atoms with Crippen molar-refractivity contribution in [3.63, 3.8) is 0 Å². The molecule has 2 fully saturated rings. The Hall–Kier alpha value is -1.90. The molecule has 4 rings (SSSR count). The third kappa shape index (κ3) is 3.93. The topological polar surface area (TPSA) is 80.8 Å². The Morgan fingerprint density at radius 2 is 1.48 bits per heavy atom. The first-order valence-corrected chi connectivity index (χ1v) is 13.1. The molecular weight excluding hydrogens is 410 g/mol. The summed E-state index contributed by atoms with van der Waals surface area (Å²) in [6, 6.07) is 13.6. The van der Waals surface area contributed by atoms with Crippen LogP contribution in [-0.2, 0) is 19.9 Å². The molecule has 2 heterocycles. The van der Waals surface area contributed by atoms with Gasteiger partial charge in [-0.05, 0) is 68.5 Å². The van der Waals surface area contributed by atoms with Crippen molar-refractivity contribution in [2.75, 3.05) is 6.26 Å². The number of aryl methyl sites for hydroxylation is 1. The van der Waals surface area contributed by atoms with Crippen molar-refractivity contribution in [2.24, 2.45) is 0 Å². The van der Waals surface area contributed by atoms with E-state index in [2.05, 4.69) is 0 Å². The highest BCUT2D eigenvalue weighted by atomic mass is 32.2. The number of fused-ring (bicyclic) bond motifs is 2. The van der Waals surface area contributed by atoms with Crippen LogP contribution in [0.2, 0.25) is 0 Å². The van der Waals surface area contributed by atoms with Crippen LogP contribution in [0.1, 0.15) is 31.2 Å². The second-order valence-electron chi connectivity index (χ2n) is 7.98. The monoisotopic (exact) mass is 435 g/mol. The van der Waals surface area contributed by atoms with Crippen LogP contribution in [0, 0.1) is 6.92 Å². The Balaban J connectivity index is 1.55. The molecule has 0 radical (unpaired) electrons. The minimum Gasteiger partial charge on any atom is -0.457 e. The average molecular weight is 436 g/mol. The van der Waals surface area contributed by atoms with Gasteiger partial charge in [0, 0.05) is 18.3 Å². The number of hydrogen-bond donors (Lipinski definition) is 0. The summed E-state index contributed by atoms with van der Waals surface area (Å²) in [6.07, 6.45) is 3.43. The smallest absolute Gasteiger partial charge is 0.243 e. The van der Waals surface area contributed by atoms with Crippen LogP contribution in [0.3, 0.4) is 0 Å². The van der Waals surface area contributed by atoms with E-state index in [4.69, 9.17) is 4.74 Å². The normalized spacial score (nSPS) is 25.1. The zero-order chi connectivity index (χ0) is 20.8. The zero-order valence-electron chi connectivity index (χ0n) is 16.5. The maximum absolute atomic E-state index is 13.3. The molecule has 0 aliphatic carbocycles. The molecule has 156 valence electrons. The molecule has 2 aliphatic heterocycles. The molecule has 0 saturated carbocycles. The molecule has 2 bridgehead atoms. The third-order valence-electron chi connectivity index (χ3n) is 5.95. The molecule has 6 nitrogen and oxygen atoms in total. The molecule has 0 amide bonds.